The molecule has 1 atom stereocenters. The first-order chi connectivity index (χ1) is 10.1. The van der Waals surface area contributed by atoms with Crippen molar-refractivity contribution in [2.45, 2.75) is 43.0 Å². The first-order valence-electron chi connectivity index (χ1n) is 7.62. The van der Waals surface area contributed by atoms with Crippen LogP contribution in [0, 0.1) is 0 Å². The minimum atomic E-state index is -3.46. The average molecular weight is 310 g/mol. The highest BCUT2D eigenvalue weighted by Gasteiger charge is 2.33. The van der Waals surface area contributed by atoms with Gasteiger partial charge in [0.2, 0.25) is 10.0 Å². The van der Waals surface area contributed by atoms with Crippen LogP contribution in [0.2, 0.25) is 0 Å². The summed E-state index contributed by atoms with van der Waals surface area (Å²) in [4.78, 5) is 0.384. The fourth-order valence-corrected chi connectivity index (χ4v) is 5.08. The fraction of sp³-hybridized carbons (Fsp3) is 0.600. The van der Waals surface area contributed by atoms with Crippen molar-refractivity contribution in [3.8, 4) is 0 Å². The Bertz CT molecular complexity index is 613. The molecule has 0 bridgehead atoms. The largest absolute Gasteiger partial charge is 0.396 e. The minimum Gasteiger partial charge on any atom is -0.396 e. The molecule has 1 fully saturated rings. The van der Waals surface area contributed by atoms with Crippen LogP contribution in [0.1, 0.15) is 31.2 Å². The molecular weight excluding hydrogens is 288 g/mol. The second-order valence-corrected chi connectivity index (χ2v) is 7.66. The molecular formula is C15H22N2O3S. The summed E-state index contributed by atoms with van der Waals surface area (Å²) in [6.07, 6.45) is 4.16. The van der Waals surface area contributed by atoms with E-state index in [-0.39, 0.29) is 12.6 Å². The molecule has 2 heterocycles. The van der Waals surface area contributed by atoms with Crippen molar-refractivity contribution < 1.29 is 13.5 Å². The topological polar surface area (TPSA) is 69.6 Å². The molecule has 3 rings (SSSR count). The van der Waals surface area contributed by atoms with E-state index in [1.165, 1.54) is 0 Å². The van der Waals surface area contributed by atoms with Gasteiger partial charge in [0.15, 0.2) is 0 Å². The molecule has 0 radical (unpaired) electrons. The Morgan fingerprint density at radius 2 is 2.19 bits per heavy atom. The zero-order valence-corrected chi connectivity index (χ0v) is 12.9. The van der Waals surface area contributed by atoms with Crippen LogP contribution in [0.5, 0.6) is 0 Å². The first-order valence-corrected chi connectivity index (χ1v) is 9.06. The Morgan fingerprint density at radius 1 is 1.33 bits per heavy atom. The molecule has 2 N–H and O–H groups in total. The summed E-state index contributed by atoms with van der Waals surface area (Å²) in [5.74, 6) is 0. The van der Waals surface area contributed by atoms with Gasteiger partial charge in [0, 0.05) is 31.4 Å². The molecule has 0 amide bonds. The molecule has 0 aromatic heterocycles. The van der Waals surface area contributed by atoms with Gasteiger partial charge in [-0.15, -0.1) is 0 Å². The molecule has 116 valence electrons. The molecule has 1 aromatic carbocycles. The summed E-state index contributed by atoms with van der Waals surface area (Å²) in [7, 11) is -3.46. The van der Waals surface area contributed by atoms with Crippen molar-refractivity contribution in [3.63, 3.8) is 0 Å². The number of nitrogens with one attached hydrogen (secondary N) is 1. The van der Waals surface area contributed by atoms with Gasteiger partial charge in [-0.2, -0.15) is 4.31 Å². The van der Waals surface area contributed by atoms with Crippen molar-refractivity contribution in [2.75, 3.05) is 25.0 Å². The van der Waals surface area contributed by atoms with E-state index in [0.29, 0.717) is 17.9 Å². The van der Waals surface area contributed by atoms with Gasteiger partial charge in [-0.05, 0) is 49.4 Å². The molecule has 6 heteroatoms. The number of benzene rings is 1. The van der Waals surface area contributed by atoms with E-state index < -0.39 is 10.0 Å². The Kier molecular flexibility index (Phi) is 4.19. The lowest BCUT2D eigenvalue weighted by Gasteiger charge is -2.34. The summed E-state index contributed by atoms with van der Waals surface area (Å²) < 4.78 is 27.4. The van der Waals surface area contributed by atoms with Gasteiger partial charge in [-0.3, -0.25) is 0 Å². The van der Waals surface area contributed by atoms with Crippen LogP contribution in [0.25, 0.3) is 0 Å². The third-order valence-electron chi connectivity index (χ3n) is 4.43. The van der Waals surface area contributed by atoms with Crippen LogP contribution >= 0.6 is 0 Å². The van der Waals surface area contributed by atoms with Gasteiger partial charge in [0.05, 0.1) is 4.90 Å². The standard InChI is InChI=1S/C15H22N2O3S/c18-10-7-13-3-1-2-9-17(13)21(19,20)14-4-5-15-12(11-14)6-8-16-15/h4-5,11,13,16,18H,1-3,6-10H2. The van der Waals surface area contributed by atoms with Gasteiger partial charge in [0.25, 0.3) is 0 Å². The SMILES string of the molecule is O=S(=O)(c1ccc2c(c1)CCN2)N1CCCCC1CCO. The summed E-state index contributed by atoms with van der Waals surface area (Å²) in [6, 6.07) is 5.28. The van der Waals surface area contributed by atoms with Gasteiger partial charge >= 0.3 is 0 Å². The maximum Gasteiger partial charge on any atom is 0.243 e. The lowest BCUT2D eigenvalue weighted by molar-refractivity contribution is 0.192. The second-order valence-electron chi connectivity index (χ2n) is 5.77. The minimum absolute atomic E-state index is 0.0325. The Labute approximate surface area is 126 Å². The molecule has 2 aliphatic heterocycles. The summed E-state index contributed by atoms with van der Waals surface area (Å²) >= 11 is 0. The highest BCUT2D eigenvalue weighted by atomic mass is 32.2. The highest BCUT2D eigenvalue weighted by molar-refractivity contribution is 7.89. The van der Waals surface area contributed by atoms with Gasteiger partial charge < -0.3 is 10.4 Å². The second kappa shape index (κ2) is 5.94. The molecule has 1 saturated heterocycles. The monoisotopic (exact) mass is 310 g/mol. The van der Waals surface area contributed by atoms with Gasteiger partial charge in [0.1, 0.15) is 0 Å². The number of nitrogens with zero attached hydrogens (tertiary/aromatic N) is 1. The molecule has 5 nitrogen and oxygen atoms in total. The number of aliphatic hydroxyl groups is 1. The fourth-order valence-electron chi connectivity index (χ4n) is 3.31. The van der Waals surface area contributed by atoms with E-state index in [0.717, 1.165) is 43.5 Å². The van der Waals surface area contributed by atoms with E-state index in [1.54, 1.807) is 16.4 Å². The van der Waals surface area contributed by atoms with E-state index in [9.17, 15) is 8.42 Å². The zero-order valence-electron chi connectivity index (χ0n) is 12.1. The van der Waals surface area contributed by atoms with E-state index in [4.69, 9.17) is 5.11 Å². The highest BCUT2D eigenvalue weighted by Crippen LogP contribution is 2.30. The molecule has 1 aromatic rings. The first kappa shape index (κ1) is 14.8. The number of sulfonamides is 1. The Balaban J connectivity index is 1.91. The van der Waals surface area contributed by atoms with Crippen molar-refractivity contribution in [3.05, 3.63) is 23.8 Å². The third kappa shape index (κ3) is 2.80. The van der Waals surface area contributed by atoms with Crippen LogP contribution in [0.4, 0.5) is 5.69 Å². The normalized spacial score (nSPS) is 22.8. The predicted molar refractivity (Wildman–Crippen MR) is 81.9 cm³/mol. The number of fused-ring (bicyclic) bond motifs is 1. The van der Waals surface area contributed by atoms with Crippen molar-refractivity contribution >= 4 is 15.7 Å². The zero-order chi connectivity index (χ0) is 14.9. The van der Waals surface area contributed by atoms with Crippen molar-refractivity contribution in [1.82, 2.24) is 4.31 Å². The number of hydrogen-bond acceptors (Lipinski definition) is 4. The molecule has 1 unspecified atom stereocenters. The molecule has 2 aliphatic rings. The number of rotatable bonds is 4. The Hall–Kier alpha value is -1.11. The summed E-state index contributed by atoms with van der Waals surface area (Å²) in [6.45, 7) is 1.46. The number of anilines is 1. The smallest absolute Gasteiger partial charge is 0.243 e. The molecule has 0 saturated carbocycles. The quantitative estimate of drug-likeness (QED) is 0.886. The van der Waals surface area contributed by atoms with Crippen LogP contribution in [-0.4, -0.2) is 43.6 Å². The van der Waals surface area contributed by atoms with Crippen molar-refractivity contribution in [1.29, 1.82) is 0 Å². The molecule has 21 heavy (non-hydrogen) atoms. The number of aliphatic hydroxyl groups excluding tert-OH is 1. The summed E-state index contributed by atoms with van der Waals surface area (Å²) in [5, 5.41) is 12.4. The van der Waals surface area contributed by atoms with Gasteiger partial charge in [-0.1, -0.05) is 6.42 Å². The Morgan fingerprint density at radius 3 is 3.00 bits per heavy atom. The van der Waals surface area contributed by atoms with Crippen molar-refractivity contribution in [2.24, 2.45) is 0 Å². The number of hydrogen-bond donors (Lipinski definition) is 2. The lowest BCUT2D eigenvalue weighted by atomic mass is 10.0. The molecule has 0 spiro atoms. The van der Waals surface area contributed by atoms with Crippen LogP contribution < -0.4 is 5.32 Å². The van der Waals surface area contributed by atoms with Crippen LogP contribution in [0.15, 0.2) is 23.1 Å². The van der Waals surface area contributed by atoms with E-state index in [1.807, 2.05) is 6.07 Å². The maximum atomic E-state index is 12.9. The average Bonchev–Trinajstić information content (AvgIpc) is 2.95. The van der Waals surface area contributed by atoms with E-state index >= 15 is 0 Å². The van der Waals surface area contributed by atoms with Crippen LogP contribution in [0.3, 0.4) is 0 Å². The lowest BCUT2D eigenvalue weighted by Crippen LogP contribution is -2.44. The third-order valence-corrected chi connectivity index (χ3v) is 6.38. The van der Waals surface area contributed by atoms with Crippen LogP contribution in [-0.2, 0) is 16.4 Å². The number of piperidine rings is 1. The molecule has 0 aliphatic carbocycles. The van der Waals surface area contributed by atoms with Gasteiger partial charge in [-0.25, -0.2) is 8.42 Å². The maximum absolute atomic E-state index is 12.9. The summed E-state index contributed by atoms with van der Waals surface area (Å²) in [5.41, 5.74) is 2.12. The van der Waals surface area contributed by atoms with E-state index in [2.05, 4.69) is 5.32 Å². The predicted octanol–water partition coefficient (Wildman–Crippen LogP) is 1.58.